The van der Waals surface area contributed by atoms with Crippen molar-refractivity contribution in [3.63, 3.8) is 0 Å². The number of ketones is 2. The Morgan fingerprint density at radius 1 is 1.48 bits per heavy atom. The van der Waals surface area contributed by atoms with Gasteiger partial charge in [0.1, 0.15) is 18.3 Å². The highest BCUT2D eigenvalue weighted by atomic mass is 16.6. The van der Waals surface area contributed by atoms with Crippen molar-refractivity contribution in [2.24, 2.45) is 22.4 Å². The SMILES string of the molecule is C=CCON=C(CC)C1C(=O)CC2(C(=O)OC)CCCC2C1=O. The third-order valence-corrected chi connectivity index (χ3v) is 4.88. The van der Waals surface area contributed by atoms with Gasteiger partial charge >= 0.3 is 5.97 Å². The fourth-order valence-electron chi connectivity index (χ4n) is 3.84. The number of esters is 1. The molecule has 2 fully saturated rings. The topological polar surface area (TPSA) is 82.0 Å². The van der Waals surface area contributed by atoms with Gasteiger partial charge < -0.3 is 9.57 Å². The molecule has 2 saturated carbocycles. The maximum atomic E-state index is 12.9. The Kier molecular flexibility index (Phi) is 5.34. The summed E-state index contributed by atoms with van der Waals surface area (Å²) in [6, 6.07) is 0. The predicted octanol–water partition coefficient (Wildman–Crippen LogP) is 2.07. The molecule has 0 aromatic carbocycles. The molecule has 23 heavy (non-hydrogen) atoms. The van der Waals surface area contributed by atoms with Gasteiger partial charge in [-0.25, -0.2) is 0 Å². The number of ether oxygens (including phenoxy) is 1. The van der Waals surface area contributed by atoms with Gasteiger partial charge in [-0.05, 0) is 19.3 Å². The highest BCUT2D eigenvalue weighted by Crippen LogP contribution is 2.52. The molecule has 6 heteroatoms. The molecule has 6 nitrogen and oxygen atoms in total. The lowest BCUT2D eigenvalue weighted by Gasteiger charge is -2.38. The molecule has 2 aliphatic rings. The van der Waals surface area contributed by atoms with Crippen LogP contribution in [0.25, 0.3) is 0 Å². The van der Waals surface area contributed by atoms with Gasteiger partial charge in [-0.3, -0.25) is 14.4 Å². The molecule has 0 saturated heterocycles. The van der Waals surface area contributed by atoms with Crippen molar-refractivity contribution < 1.29 is 24.0 Å². The van der Waals surface area contributed by atoms with Crippen LogP contribution < -0.4 is 0 Å². The number of methoxy groups -OCH3 is 1. The zero-order valence-electron chi connectivity index (χ0n) is 13.7. The second kappa shape index (κ2) is 7.06. The van der Waals surface area contributed by atoms with E-state index in [4.69, 9.17) is 9.57 Å². The Bertz CT molecular complexity index is 553. The van der Waals surface area contributed by atoms with E-state index in [-0.39, 0.29) is 24.6 Å². The second-order valence-electron chi connectivity index (χ2n) is 6.09. The first-order valence-electron chi connectivity index (χ1n) is 7.96. The third kappa shape index (κ3) is 2.94. The average molecular weight is 321 g/mol. The molecule has 3 atom stereocenters. The highest BCUT2D eigenvalue weighted by molar-refractivity contribution is 6.24. The van der Waals surface area contributed by atoms with Crippen LogP contribution in [-0.4, -0.2) is 37.0 Å². The van der Waals surface area contributed by atoms with Gasteiger partial charge in [0.15, 0.2) is 5.78 Å². The zero-order chi connectivity index (χ0) is 17.0. The summed E-state index contributed by atoms with van der Waals surface area (Å²) in [6.07, 6.45) is 3.92. The van der Waals surface area contributed by atoms with E-state index in [0.29, 0.717) is 25.0 Å². The normalized spacial score (nSPS) is 30.8. The molecule has 0 radical (unpaired) electrons. The van der Waals surface area contributed by atoms with E-state index in [1.54, 1.807) is 6.08 Å². The van der Waals surface area contributed by atoms with Crippen molar-refractivity contribution in [3.05, 3.63) is 12.7 Å². The van der Waals surface area contributed by atoms with Crippen LogP contribution in [0.15, 0.2) is 17.8 Å². The standard InChI is InChI=1S/C17H23NO5/c1-4-9-23-18-12(5-2)14-13(19)10-17(16(21)22-3)8-6-7-11(17)15(14)20/h4,11,14H,1,5-10H2,2-3H3. The third-order valence-electron chi connectivity index (χ3n) is 4.88. The molecule has 2 rings (SSSR count). The maximum absolute atomic E-state index is 12.9. The van der Waals surface area contributed by atoms with Gasteiger partial charge in [-0.2, -0.15) is 0 Å². The summed E-state index contributed by atoms with van der Waals surface area (Å²) in [7, 11) is 1.30. The van der Waals surface area contributed by atoms with Gasteiger partial charge in [0.25, 0.3) is 0 Å². The van der Waals surface area contributed by atoms with Gasteiger partial charge in [0, 0.05) is 12.3 Å². The van der Waals surface area contributed by atoms with Crippen molar-refractivity contribution in [3.8, 4) is 0 Å². The lowest BCUT2D eigenvalue weighted by atomic mass is 9.62. The van der Waals surface area contributed by atoms with Crippen LogP contribution in [-0.2, 0) is 24.0 Å². The first-order valence-corrected chi connectivity index (χ1v) is 7.96. The quantitative estimate of drug-likeness (QED) is 0.187. The zero-order valence-corrected chi connectivity index (χ0v) is 13.7. The van der Waals surface area contributed by atoms with Crippen molar-refractivity contribution in [2.45, 2.75) is 39.0 Å². The van der Waals surface area contributed by atoms with E-state index in [0.717, 1.165) is 6.42 Å². The number of Topliss-reactive ketones (excluding diaryl/α,β-unsaturated/α-hetero) is 2. The molecule has 0 amide bonds. The minimum absolute atomic E-state index is 0.0429. The summed E-state index contributed by atoms with van der Waals surface area (Å²) in [5.74, 6) is -2.29. The molecule has 2 aliphatic carbocycles. The number of nitrogens with zero attached hydrogens (tertiary/aromatic N) is 1. The van der Waals surface area contributed by atoms with E-state index in [1.165, 1.54) is 7.11 Å². The fourth-order valence-corrected chi connectivity index (χ4v) is 3.84. The minimum atomic E-state index is -0.972. The molecule has 0 spiro atoms. The summed E-state index contributed by atoms with van der Waals surface area (Å²) in [5, 5.41) is 3.95. The number of carbonyl (C=O) groups excluding carboxylic acids is 3. The van der Waals surface area contributed by atoms with Crippen LogP contribution >= 0.6 is 0 Å². The van der Waals surface area contributed by atoms with Crippen LogP contribution in [0.4, 0.5) is 0 Å². The van der Waals surface area contributed by atoms with Crippen LogP contribution in [0.2, 0.25) is 0 Å². The summed E-state index contributed by atoms with van der Waals surface area (Å²) in [6.45, 7) is 5.57. The minimum Gasteiger partial charge on any atom is -0.469 e. The Labute approximate surface area is 135 Å². The summed E-state index contributed by atoms with van der Waals surface area (Å²) in [4.78, 5) is 42.8. The Balaban J connectivity index is 2.31. The van der Waals surface area contributed by atoms with Crippen molar-refractivity contribution >= 4 is 23.2 Å². The molecule has 0 aromatic heterocycles. The predicted molar refractivity (Wildman–Crippen MR) is 83.8 cm³/mol. The van der Waals surface area contributed by atoms with Gasteiger partial charge in [0.2, 0.25) is 0 Å². The van der Waals surface area contributed by atoms with E-state index in [1.807, 2.05) is 6.92 Å². The van der Waals surface area contributed by atoms with Crippen LogP contribution in [0.1, 0.15) is 39.0 Å². The highest BCUT2D eigenvalue weighted by Gasteiger charge is 2.60. The molecule has 0 aliphatic heterocycles. The Hall–Kier alpha value is -1.98. The maximum Gasteiger partial charge on any atom is 0.312 e. The molecule has 3 unspecified atom stereocenters. The number of hydrogen-bond acceptors (Lipinski definition) is 6. The number of hydrogen-bond donors (Lipinski definition) is 0. The smallest absolute Gasteiger partial charge is 0.312 e. The first-order chi connectivity index (χ1) is 11.0. The molecular weight excluding hydrogens is 298 g/mol. The molecule has 126 valence electrons. The van der Waals surface area contributed by atoms with E-state index in [9.17, 15) is 14.4 Å². The van der Waals surface area contributed by atoms with Crippen LogP contribution in [0, 0.1) is 17.3 Å². The van der Waals surface area contributed by atoms with E-state index >= 15 is 0 Å². The fraction of sp³-hybridized carbons (Fsp3) is 0.647. The second-order valence-corrected chi connectivity index (χ2v) is 6.09. The van der Waals surface area contributed by atoms with Crippen LogP contribution in [0.3, 0.4) is 0 Å². The Morgan fingerprint density at radius 2 is 2.22 bits per heavy atom. The van der Waals surface area contributed by atoms with Crippen molar-refractivity contribution in [2.75, 3.05) is 13.7 Å². The van der Waals surface area contributed by atoms with Crippen molar-refractivity contribution in [1.82, 2.24) is 0 Å². The largest absolute Gasteiger partial charge is 0.469 e. The van der Waals surface area contributed by atoms with Crippen LogP contribution in [0.5, 0.6) is 0 Å². The number of rotatable bonds is 6. The molecule has 0 bridgehead atoms. The summed E-state index contributed by atoms with van der Waals surface area (Å²) < 4.78 is 4.88. The lowest BCUT2D eigenvalue weighted by Crippen LogP contribution is -2.52. The Morgan fingerprint density at radius 3 is 2.83 bits per heavy atom. The molecular formula is C17H23NO5. The van der Waals surface area contributed by atoms with Gasteiger partial charge in [-0.1, -0.05) is 31.2 Å². The summed E-state index contributed by atoms with van der Waals surface area (Å²) in [5.41, 5.74) is -0.549. The number of carbonyl (C=O) groups is 3. The summed E-state index contributed by atoms with van der Waals surface area (Å²) >= 11 is 0. The molecule has 0 aromatic rings. The van der Waals surface area contributed by atoms with Gasteiger partial charge in [0.05, 0.1) is 18.2 Å². The molecule has 0 heterocycles. The molecule has 0 N–H and O–H groups in total. The monoisotopic (exact) mass is 321 g/mol. The van der Waals surface area contributed by atoms with E-state index < -0.39 is 23.2 Å². The lowest BCUT2D eigenvalue weighted by molar-refractivity contribution is -0.164. The average Bonchev–Trinajstić information content (AvgIpc) is 2.97. The number of oxime groups is 1. The van der Waals surface area contributed by atoms with E-state index in [2.05, 4.69) is 11.7 Å². The number of fused-ring (bicyclic) bond motifs is 1. The first kappa shape index (κ1) is 17.4. The van der Waals surface area contributed by atoms with Crippen molar-refractivity contribution in [1.29, 1.82) is 0 Å². The van der Waals surface area contributed by atoms with Gasteiger partial charge in [-0.15, -0.1) is 0 Å².